The van der Waals surface area contributed by atoms with Gasteiger partial charge in [0.2, 0.25) is 0 Å². The molecule has 1 aliphatic heterocycles. The maximum Gasteiger partial charge on any atom is 0.349 e. The number of nitrogens with zero attached hydrogens (tertiary/aromatic N) is 2. The molecule has 3 aromatic rings. The van der Waals surface area contributed by atoms with Crippen molar-refractivity contribution in [2.75, 3.05) is 25.6 Å². The van der Waals surface area contributed by atoms with Crippen molar-refractivity contribution in [3.05, 3.63) is 52.6 Å². The number of carbonyl (C=O) groups is 1. The Hall–Kier alpha value is -3.13. The summed E-state index contributed by atoms with van der Waals surface area (Å²) in [6.45, 7) is 2.33. The molecule has 0 bridgehead atoms. The summed E-state index contributed by atoms with van der Waals surface area (Å²) in [5.41, 5.74) is 0.0556. The van der Waals surface area contributed by atoms with Crippen molar-refractivity contribution in [3.8, 4) is 5.75 Å². The number of anilines is 1. The molecule has 1 aliphatic rings. The van der Waals surface area contributed by atoms with Crippen molar-refractivity contribution in [1.82, 2.24) is 9.78 Å². The third kappa shape index (κ3) is 3.77. The van der Waals surface area contributed by atoms with E-state index in [2.05, 4.69) is 10.4 Å². The molecule has 1 aromatic carbocycles. The predicted octanol–water partition coefficient (Wildman–Crippen LogP) is 2.68. The van der Waals surface area contributed by atoms with Crippen LogP contribution in [0, 0.1) is 5.92 Å². The second kappa shape index (κ2) is 7.85. The second-order valence-corrected chi connectivity index (χ2v) is 6.79. The molecule has 0 radical (unpaired) electrons. The molecule has 0 aliphatic carbocycles. The number of amides is 1. The zero-order valence-electron chi connectivity index (χ0n) is 15.5. The van der Waals surface area contributed by atoms with Gasteiger partial charge in [0, 0.05) is 31.3 Å². The molecular formula is C20H21N3O5. The summed E-state index contributed by atoms with van der Waals surface area (Å²) in [5, 5.41) is 7.62. The highest BCUT2D eigenvalue weighted by Gasteiger charge is 2.18. The van der Waals surface area contributed by atoms with Crippen LogP contribution in [0.25, 0.3) is 11.0 Å². The molecule has 1 N–H and O–H groups in total. The van der Waals surface area contributed by atoms with Crippen LogP contribution in [0.5, 0.6) is 5.75 Å². The van der Waals surface area contributed by atoms with Crippen molar-refractivity contribution in [2.24, 2.45) is 5.92 Å². The second-order valence-electron chi connectivity index (χ2n) is 6.79. The molecule has 0 spiro atoms. The number of methoxy groups -OCH3 is 1. The van der Waals surface area contributed by atoms with Gasteiger partial charge in [0.25, 0.3) is 5.91 Å². The number of para-hydroxylation sites is 1. The molecule has 1 fully saturated rings. The van der Waals surface area contributed by atoms with Crippen molar-refractivity contribution < 1.29 is 18.7 Å². The molecule has 4 rings (SSSR count). The average Bonchev–Trinajstić information content (AvgIpc) is 3.14. The molecule has 8 nitrogen and oxygen atoms in total. The van der Waals surface area contributed by atoms with E-state index in [1.807, 2.05) is 0 Å². The number of hydrogen-bond donors (Lipinski definition) is 1. The third-order valence-corrected chi connectivity index (χ3v) is 4.87. The summed E-state index contributed by atoms with van der Waals surface area (Å²) < 4.78 is 17.7. The lowest BCUT2D eigenvalue weighted by Gasteiger charge is -2.21. The zero-order valence-corrected chi connectivity index (χ0v) is 15.5. The number of rotatable bonds is 5. The molecule has 0 atom stereocenters. The van der Waals surface area contributed by atoms with Crippen LogP contribution >= 0.6 is 0 Å². The van der Waals surface area contributed by atoms with Gasteiger partial charge in [-0.15, -0.1) is 0 Å². The van der Waals surface area contributed by atoms with Crippen LogP contribution in [0.1, 0.15) is 23.2 Å². The summed E-state index contributed by atoms with van der Waals surface area (Å²) in [5.74, 6) is 0.416. The monoisotopic (exact) mass is 383 g/mol. The molecule has 0 unspecified atom stereocenters. The summed E-state index contributed by atoms with van der Waals surface area (Å²) in [6, 6.07) is 6.72. The van der Waals surface area contributed by atoms with Gasteiger partial charge in [-0.2, -0.15) is 5.10 Å². The quantitative estimate of drug-likeness (QED) is 0.681. The third-order valence-electron chi connectivity index (χ3n) is 4.87. The number of fused-ring (bicyclic) bond motifs is 1. The number of nitrogens with one attached hydrogen (secondary N) is 1. The van der Waals surface area contributed by atoms with Crippen LogP contribution in [0.3, 0.4) is 0 Å². The van der Waals surface area contributed by atoms with Gasteiger partial charge in [0.15, 0.2) is 11.3 Å². The summed E-state index contributed by atoms with van der Waals surface area (Å²) >= 11 is 0. The molecule has 0 saturated carbocycles. The fourth-order valence-corrected chi connectivity index (χ4v) is 3.36. The summed E-state index contributed by atoms with van der Waals surface area (Å²) in [4.78, 5) is 24.9. The Bertz CT molecular complexity index is 1050. The molecule has 1 saturated heterocycles. The van der Waals surface area contributed by atoms with E-state index in [0.29, 0.717) is 28.3 Å². The van der Waals surface area contributed by atoms with E-state index < -0.39 is 11.5 Å². The van der Waals surface area contributed by atoms with E-state index >= 15 is 0 Å². The molecule has 146 valence electrons. The van der Waals surface area contributed by atoms with E-state index in [0.717, 1.165) is 32.6 Å². The molecular weight excluding hydrogens is 362 g/mol. The smallest absolute Gasteiger partial charge is 0.349 e. The SMILES string of the molecule is COc1cccc2cc(C(=O)Nc3cnn(CC4CCOCC4)c3)c(=O)oc12. The molecule has 8 heteroatoms. The van der Waals surface area contributed by atoms with Gasteiger partial charge < -0.3 is 19.2 Å². The fourth-order valence-electron chi connectivity index (χ4n) is 3.36. The maximum atomic E-state index is 12.6. The highest BCUT2D eigenvalue weighted by molar-refractivity contribution is 6.05. The number of benzene rings is 1. The van der Waals surface area contributed by atoms with Gasteiger partial charge >= 0.3 is 5.63 Å². The van der Waals surface area contributed by atoms with Gasteiger partial charge in [-0.25, -0.2) is 4.79 Å². The lowest BCUT2D eigenvalue weighted by Crippen LogP contribution is -2.21. The van der Waals surface area contributed by atoms with E-state index in [9.17, 15) is 9.59 Å². The minimum absolute atomic E-state index is 0.0714. The number of ether oxygens (including phenoxy) is 2. The van der Waals surface area contributed by atoms with Crippen LogP contribution in [0.15, 0.2) is 45.9 Å². The lowest BCUT2D eigenvalue weighted by atomic mass is 10.0. The maximum absolute atomic E-state index is 12.6. The highest BCUT2D eigenvalue weighted by Crippen LogP contribution is 2.24. The minimum Gasteiger partial charge on any atom is -0.493 e. The van der Waals surface area contributed by atoms with Gasteiger partial charge in [-0.3, -0.25) is 9.48 Å². The van der Waals surface area contributed by atoms with E-state index in [1.165, 1.54) is 13.2 Å². The number of carbonyl (C=O) groups excluding carboxylic acids is 1. The normalized spacial score (nSPS) is 14.9. The van der Waals surface area contributed by atoms with Gasteiger partial charge in [0.1, 0.15) is 5.56 Å². The highest BCUT2D eigenvalue weighted by atomic mass is 16.5. The largest absolute Gasteiger partial charge is 0.493 e. The molecule has 28 heavy (non-hydrogen) atoms. The van der Waals surface area contributed by atoms with E-state index in [-0.39, 0.29) is 5.56 Å². The number of aromatic nitrogens is 2. The van der Waals surface area contributed by atoms with Crippen molar-refractivity contribution in [1.29, 1.82) is 0 Å². The predicted molar refractivity (Wildman–Crippen MR) is 103 cm³/mol. The Morgan fingerprint density at radius 2 is 2.18 bits per heavy atom. The Kier molecular flexibility index (Phi) is 5.12. The molecule has 2 aromatic heterocycles. The van der Waals surface area contributed by atoms with Gasteiger partial charge in [-0.1, -0.05) is 12.1 Å². The summed E-state index contributed by atoms with van der Waals surface area (Å²) in [6.07, 6.45) is 5.34. The lowest BCUT2D eigenvalue weighted by molar-refractivity contribution is 0.0601. The first-order valence-electron chi connectivity index (χ1n) is 9.16. The van der Waals surface area contributed by atoms with Crippen molar-refractivity contribution in [2.45, 2.75) is 19.4 Å². The van der Waals surface area contributed by atoms with Crippen LogP contribution < -0.4 is 15.7 Å². The standard InChI is InChI=1S/C20H21N3O5/c1-26-17-4-2-3-14-9-16(20(25)28-18(14)17)19(24)22-15-10-21-23(12-15)11-13-5-7-27-8-6-13/h2-4,9-10,12-13H,5-8,11H2,1H3,(H,22,24). The van der Waals surface area contributed by atoms with E-state index in [1.54, 1.807) is 35.3 Å². The molecule has 3 heterocycles. The van der Waals surface area contributed by atoms with Crippen LogP contribution in [-0.4, -0.2) is 36.0 Å². The Labute approximate surface area is 161 Å². The Balaban J connectivity index is 1.51. The first kappa shape index (κ1) is 18.2. The first-order valence-corrected chi connectivity index (χ1v) is 9.16. The van der Waals surface area contributed by atoms with Crippen LogP contribution in [-0.2, 0) is 11.3 Å². The fraction of sp³-hybridized carbons (Fsp3) is 0.350. The van der Waals surface area contributed by atoms with Gasteiger partial charge in [0.05, 0.1) is 19.0 Å². The van der Waals surface area contributed by atoms with E-state index in [4.69, 9.17) is 13.9 Å². The Morgan fingerprint density at radius 1 is 1.36 bits per heavy atom. The topological polar surface area (TPSA) is 95.6 Å². The molecule has 1 amide bonds. The minimum atomic E-state index is -0.718. The average molecular weight is 383 g/mol. The summed E-state index contributed by atoms with van der Waals surface area (Å²) in [7, 11) is 1.49. The Morgan fingerprint density at radius 3 is 2.96 bits per heavy atom. The van der Waals surface area contributed by atoms with Crippen molar-refractivity contribution >= 4 is 22.6 Å². The first-order chi connectivity index (χ1) is 13.6. The van der Waals surface area contributed by atoms with Crippen molar-refractivity contribution in [3.63, 3.8) is 0 Å². The van der Waals surface area contributed by atoms with Crippen LogP contribution in [0.4, 0.5) is 5.69 Å². The number of hydrogen-bond acceptors (Lipinski definition) is 6. The van der Waals surface area contributed by atoms with Crippen LogP contribution in [0.2, 0.25) is 0 Å². The van der Waals surface area contributed by atoms with Gasteiger partial charge in [-0.05, 0) is 30.9 Å². The zero-order chi connectivity index (χ0) is 19.5.